The largest absolute Gasteiger partial charge is 0.486 e. The Morgan fingerprint density at radius 2 is 1.94 bits per heavy atom. The fourth-order valence-electron chi connectivity index (χ4n) is 3.02. The van der Waals surface area contributed by atoms with Crippen molar-refractivity contribution in [2.24, 2.45) is 4.99 Å². The molecule has 8 heteroatoms. The number of nitrogens with one attached hydrogen (secondary N) is 2. The van der Waals surface area contributed by atoms with Gasteiger partial charge in [0.2, 0.25) is 5.88 Å². The Bertz CT molecular complexity index is 1040. The minimum atomic E-state index is -0.313. The summed E-state index contributed by atoms with van der Waals surface area (Å²) in [6.07, 6.45) is 1.54. The van der Waals surface area contributed by atoms with Crippen molar-refractivity contribution < 1.29 is 18.6 Å². The van der Waals surface area contributed by atoms with E-state index in [9.17, 15) is 4.39 Å². The minimum Gasteiger partial charge on any atom is -0.486 e. The number of ether oxygens (including phenoxy) is 3. The SMILES string of the molecule is CN=C(NCc1ccnc(Oc2ccc(F)cc2)c1)NCC1COc2ccccc2O1. The summed E-state index contributed by atoms with van der Waals surface area (Å²) in [5.74, 6) is 2.78. The predicted octanol–water partition coefficient (Wildman–Crippen LogP) is 3.52. The van der Waals surface area contributed by atoms with Gasteiger partial charge in [-0.1, -0.05) is 12.1 Å². The number of aromatic nitrogens is 1. The van der Waals surface area contributed by atoms with Crippen LogP contribution in [-0.2, 0) is 6.54 Å². The van der Waals surface area contributed by atoms with Gasteiger partial charge in [0.25, 0.3) is 0 Å². The first-order chi connectivity index (χ1) is 15.2. The van der Waals surface area contributed by atoms with Crippen LogP contribution in [0.3, 0.4) is 0 Å². The van der Waals surface area contributed by atoms with E-state index in [-0.39, 0.29) is 11.9 Å². The van der Waals surface area contributed by atoms with Crippen LogP contribution in [0.15, 0.2) is 71.9 Å². The van der Waals surface area contributed by atoms with E-state index in [1.807, 2.05) is 36.4 Å². The van der Waals surface area contributed by atoms with Gasteiger partial charge in [-0.25, -0.2) is 9.37 Å². The molecule has 1 aliphatic rings. The van der Waals surface area contributed by atoms with Crippen molar-refractivity contribution in [3.05, 3.63) is 78.2 Å². The van der Waals surface area contributed by atoms with E-state index in [4.69, 9.17) is 14.2 Å². The van der Waals surface area contributed by atoms with Crippen molar-refractivity contribution in [3.8, 4) is 23.1 Å². The van der Waals surface area contributed by atoms with Crippen LogP contribution in [0.4, 0.5) is 4.39 Å². The molecule has 3 aromatic rings. The number of guanidine groups is 1. The summed E-state index contributed by atoms with van der Waals surface area (Å²) >= 11 is 0. The predicted molar refractivity (Wildman–Crippen MR) is 115 cm³/mol. The molecule has 0 fully saturated rings. The summed E-state index contributed by atoms with van der Waals surface area (Å²) in [6, 6.07) is 17.1. The number of pyridine rings is 1. The summed E-state index contributed by atoms with van der Waals surface area (Å²) < 4.78 is 30.4. The highest BCUT2D eigenvalue weighted by Gasteiger charge is 2.20. The number of hydrogen-bond donors (Lipinski definition) is 2. The molecule has 4 rings (SSSR count). The standard InChI is InChI=1S/C23H23FN4O3/c1-25-23(28-14-19-15-29-20-4-2-3-5-21(20)30-19)27-13-16-10-11-26-22(12-16)31-18-8-6-17(24)7-9-18/h2-12,19H,13-15H2,1H3,(H2,25,27,28). The van der Waals surface area contributed by atoms with Crippen LogP contribution in [0.25, 0.3) is 0 Å². The number of rotatable bonds is 6. The molecule has 0 aliphatic carbocycles. The maximum absolute atomic E-state index is 13.0. The van der Waals surface area contributed by atoms with Crippen LogP contribution >= 0.6 is 0 Å². The maximum atomic E-state index is 13.0. The molecule has 0 amide bonds. The maximum Gasteiger partial charge on any atom is 0.219 e. The van der Waals surface area contributed by atoms with Crippen LogP contribution < -0.4 is 24.8 Å². The van der Waals surface area contributed by atoms with E-state index in [0.29, 0.717) is 37.3 Å². The lowest BCUT2D eigenvalue weighted by atomic mass is 10.2. The second kappa shape index (κ2) is 9.80. The molecule has 31 heavy (non-hydrogen) atoms. The van der Waals surface area contributed by atoms with Crippen molar-refractivity contribution in [2.45, 2.75) is 12.6 Å². The second-order valence-corrected chi connectivity index (χ2v) is 6.86. The summed E-state index contributed by atoms with van der Waals surface area (Å²) in [5.41, 5.74) is 0.959. The average molecular weight is 422 g/mol. The van der Waals surface area contributed by atoms with Crippen LogP contribution in [0.1, 0.15) is 5.56 Å². The van der Waals surface area contributed by atoms with E-state index < -0.39 is 0 Å². The zero-order valence-corrected chi connectivity index (χ0v) is 17.0. The van der Waals surface area contributed by atoms with E-state index in [2.05, 4.69) is 20.6 Å². The summed E-state index contributed by atoms with van der Waals surface area (Å²) in [6.45, 7) is 1.53. The Morgan fingerprint density at radius 3 is 2.74 bits per heavy atom. The number of para-hydroxylation sites is 2. The van der Waals surface area contributed by atoms with Crippen LogP contribution in [0.5, 0.6) is 23.1 Å². The number of nitrogens with zero attached hydrogens (tertiary/aromatic N) is 2. The Hall–Kier alpha value is -3.81. The van der Waals surface area contributed by atoms with Gasteiger partial charge in [0, 0.05) is 25.9 Å². The molecule has 160 valence electrons. The van der Waals surface area contributed by atoms with Crippen molar-refractivity contribution in [1.82, 2.24) is 15.6 Å². The molecule has 2 aromatic carbocycles. The fraction of sp³-hybridized carbons (Fsp3) is 0.217. The number of benzene rings is 2. The first-order valence-corrected chi connectivity index (χ1v) is 9.91. The molecule has 1 atom stereocenters. The first kappa shape index (κ1) is 20.5. The third-order valence-corrected chi connectivity index (χ3v) is 4.58. The molecule has 0 saturated heterocycles. The van der Waals surface area contributed by atoms with Crippen molar-refractivity contribution in [1.29, 1.82) is 0 Å². The third-order valence-electron chi connectivity index (χ3n) is 4.58. The van der Waals surface area contributed by atoms with Gasteiger partial charge in [0.1, 0.15) is 24.3 Å². The third kappa shape index (κ3) is 5.63. The van der Waals surface area contributed by atoms with Crippen LogP contribution in [0.2, 0.25) is 0 Å². The molecular formula is C23H23FN4O3. The summed E-state index contributed by atoms with van der Waals surface area (Å²) in [7, 11) is 1.71. The van der Waals surface area contributed by atoms with Crippen molar-refractivity contribution in [3.63, 3.8) is 0 Å². The van der Waals surface area contributed by atoms with Gasteiger partial charge in [-0.2, -0.15) is 0 Å². The molecule has 0 radical (unpaired) electrons. The van der Waals surface area contributed by atoms with Gasteiger partial charge in [-0.15, -0.1) is 0 Å². The average Bonchev–Trinajstić information content (AvgIpc) is 2.81. The zero-order chi connectivity index (χ0) is 21.5. The molecule has 2 N–H and O–H groups in total. The number of fused-ring (bicyclic) bond motifs is 1. The van der Waals surface area contributed by atoms with Crippen molar-refractivity contribution in [2.75, 3.05) is 20.2 Å². The highest BCUT2D eigenvalue weighted by atomic mass is 19.1. The Balaban J connectivity index is 1.27. The van der Waals surface area contributed by atoms with Gasteiger partial charge in [0.15, 0.2) is 17.5 Å². The highest BCUT2D eigenvalue weighted by Crippen LogP contribution is 2.30. The monoisotopic (exact) mass is 422 g/mol. The first-order valence-electron chi connectivity index (χ1n) is 9.91. The highest BCUT2D eigenvalue weighted by molar-refractivity contribution is 5.79. The quantitative estimate of drug-likeness (QED) is 0.468. The lowest BCUT2D eigenvalue weighted by molar-refractivity contribution is 0.0936. The number of aliphatic imine (C=N–C) groups is 1. The van der Waals surface area contributed by atoms with Crippen molar-refractivity contribution >= 4 is 5.96 Å². The lowest BCUT2D eigenvalue weighted by Crippen LogP contribution is -2.45. The minimum absolute atomic E-state index is 0.120. The molecule has 2 heterocycles. The molecule has 1 aromatic heterocycles. The number of halogens is 1. The van der Waals surface area contributed by atoms with Gasteiger partial charge in [0.05, 0.1) is 6.54 Å². The molecule has 1 unspecified atom stereocenters. The Kier molecular flexibility index (Phi) is 6.47. The summed E-state index contributed by atoms with van der Waals surface area (Å²) in [5, 5.41) is 6.50. The lowest BCUT2D eigenvalue weighted by Gasteiger charge is -2.27. The molecule has 0 saturated carbocycles. The molecular weight excluding hydrogens is 399 g/mol. The summed E-state index contributed by atoms with van der Waals surface area (Å²) in [4.78, 5) is 8.45. The fourth-order valence-corrected chi connectivity index (χ4v) is 3.02. The van der Waals surface area contributed by atoms with E-state index in [1.54, 1.807) is 25.4 Å². The molecule has 7 nitrogen and oxygen atoms in total. The van der Waals surface area contributed by atoms with E-state index >= 15 is 0 Å². The second-order valence-electron chi connectivity index (χ2n) is 6.86. The van der Waals surface area contributed by atoms with Crippen LogP contribution in [0, 0.1) is 5.82 Å². The molecule has 0 bridgehead atoms. The van der Waals surface area contributed by atoms with Gasteiger partial charge in [-0.05, 0) is 48.0 Å². The zero-order valence-electron chi connectivity index (χ0n) is 17.0. The van der Waals surface area contributed by atoms with Gasteiger partial charge >= 0.3 is 0 Å². The van der Waals surface area contributed by atoms with E-state index in [1.165, 1.54) is 12.1 Å². The Morgan fingerprint density at radius 1 is 1.13 bits per heavy atom. The normalized spacial score (nSPS) is 15.3. The van der Waals surface area contributed by atoms with E-state index in [0.717, 1.165) is 17.1 Å². The van der Waals surface area contributed by atoms with Crippen LogP contribution in [-0.4, -0.2) is 37.2 Å². The number of hydrogen-bond acceptors (Lipinski definition) is 5. The molecule has 0 spiro atoms. The smallest absolute Gasteiger partial charge is 0.219 e. The topological polar surface area (TPSA) is 77.0 Å². The van der Waals surface area contributed by atoms with Gasteiger partial charge in [-0.3, -0.25) is 4.99 Å². The Labute approximate surface area is 179 Å². The van der Waals surface area contributed by atoms with Gasteiger partial charge < -0.3 is 24.8 Å². The molecule has 1 aliphatic heterocycles.